The molecule has 104 valence electrons. The van der Waals surface area contributed by atoms with E-state index in [1.54, 1.807) is 0 Å². The van der Waals surface area contributed by atoms with Gasteiger partial charge in [0.2, 0.25) is 0 Å². The molecule has 2 aliphatic carbocycles. The average Bonchev–Trinajstić information content (AvgIpc) is 2.87. The van der Waals surface area contributed by atoms with Crippen LogP contribution in [0.1, 0.15) is 58.7 Å². The van der Waals surface area contributed by atoms with Crippen LogP contribution in [-0.4, -0.2) is 11.0 Å². The number of nitrogens with one attached hydrogen (secondary N) is 1. The van der Waals surface area contributed by atoms with E-state index in [2.05, 4.69) is 50.1 Å². The minimum atomic E-state index is 0.335. The van der Waals surface area contributed by atoms with Crippen molar-refractivity contribution in [2.75, 3.05) is 0 Å². The molecule has 1 heterocycles. The Bertz CT molecular complexity index is 449. The van der Waals surface area contributed by atoms with Gasteiger partial charge in [-0.1, -0.05) is 26.8 Å². The van der Waals surface area contributed by atoms with Crippen molar-refractivity contribution in [2.24, 2.45) is 16.7 Å². The standard InChI is InChI=1S/C17H26N2/c1-12(14-7-5-6-10-18-14)19-15-16(2,3)13-8-9-17(15,4)11-13/h5-7,10,12-13,15,19H,8-9,11H2,1-4H3/t12-,13+,15?,17-/m1/s1. The lowest BCUT2D eigenvalue weighted by Crippen LogP contribution is -2.51. The van der Waals surface area contributed by atoms with Crippen LogP contribution in [0.25, 0.3) is 0 Å². The van der Waals surface area contributed by atoms with Gasteiger partial charge < -0.3 is 5.32 Å². The molecule has 2 nitrogen and oxygen atoms in total. The van der Waals surface area contributed by atoms with Crippen LogP contribution >= 0.6 is 0 Å². The van der Waals surface area contributed by atoms with Crippen LogP contribution in [0.5, 0.6) is 0 Å². The first-order valence-electron chi connectivity index (χ1n) is 7.60. The lowest BCUT2D eigenvalue weighted by Gasteiger charge is -2.44. The Labute approximate surface area is 117 Å². The molecule has 1 N–H and O–H groups in total. The van der Waals surface area contributed by atoms with Crippen molar-refractivity contribution in [1.29, 1.82) is 0 Å². The van der Waals surface area contributed by atoms with Crippen LogP contribution in [0.15, 0.2) is 24.4 Å². The van der Waals surface area contributed by atoms with Crippen molar-refractivity contribution in [3.63, 3.8) is 0 Å². The summed E-state index contributed by atoms with van der Waals surface area (Å²) in [7, 11) is 0. The van der Waals surface area contributed by atoms with Gasteiger partial charge in [0.25, 0.3) is 0 Å². The van der Waals surface area contributed by atoms with E-state index in [1.807, 2.05) is 12.3 Å². The second kappa shape index (κ2) is 4.31. The number of aromatic nitrogens is 1. The summed E-state index contributed by atoms with van der Waals surface area (Å²) < 4.78 is 0. The van der Waals surface area contributed by atoms with E-state index >= 15 is 0 Å². The molecule has 2 bridgehead atoms. The molecule has 0 aliphatic heterocycles. The van der Waals surface area contributed by atoms with Crippen molar-refractivity contribution in [3.05, 3.63) is 30.1 Å². The number of hydrogen-bond acceptors (Lipinski definition) is 2. The fourth-order valence-electron chi connectivity index (χ4n) is 4.69. The first-order chi connectivity index (χ1) is 8.93. The van der Waals surface area contributed by atoms with Crippen molar-refractivity contribution in [1.82, 2.24) is 10.3 Å². The molecule has 2 saturated carbocycles. The third kappa shape index (κ3) is 2.01. The molecule has 0 radical (unpaired) electrons. The average molecular weight is 258 g/mol. The molecule has 0 spiro atoms. The van der Waals surface area contributed by atoms with Gasteiger partial charge in [-0.15, -0.1) is 0 Å². The highest BCUT2D eigenvalue weighted by Gasteiger charge is 2.59. The molecular formula is C17H26N2. The van der Waals surface area contributed by atoms with E-state index in [9.17, 15) is 0 Å². The first kappa shape index (κ1) is 13.1. The van der Waals surface area contributed by atoms with Crippen LogP contribution in [0.4, 0.5) is 0 Å². The molecule has 19 heavy (non-hydrogen) atoms. The minimum Gasteiger partial charge on any atom is -0.305 e. The molecule has 0 amide bonds. The van der Waals surface area contributed by atoms with E-state index in [0.29, 0.717) is 22.9 Å². The summed E-state index contributed by atoms with van der Waals surface area (Å²) in [4.78, 5) is 4.49. The maximum absolute atomic E-state index is 4.49. The van der Waals surface area contributed by atoms with Gasteiger partial charge in [-0.3, -0.25) is 4.98 Å². The molecule has 0 saturated heterocycles. The second-order valence-electron chi connectivity index (χ2n) is 7.49. The van der Waals surface area contributed by atoms with Gasteiger partial charge in [-0.05, 0) is 55.1 Å². The largest absolute Gasteiger partial charge is 0.305 e. The van der Waals surface area contributed by atoms with E-state index in [4.69, 9.17) is 0 Å². The molecule has 4 atom stereocenters. The van der Waals surface area contributed by atoms with E-state index < -0.39 is 0 Å². The summed E-state index contributed by atoms with van der Waals surface area (Å²) in [5, 5.41) is 3.89. The van der Waals surface area contributed by atoms with Crippen molar-refractivity contribution >= 4 is 0 Å². The molecule has 0 aromatic carbocycles. The third-order valence-electron chi connectivity index (χ3n) is 5.82. The van der Waals surface area contributed by atoms with E-state index in [0.717, 1.165) is 11.6 Å². The lowest BCUT2D eigenvalue weighted by molar-refractivity contribution is 0.0998. The van der Waals surface area contributed by atoms with Gasteiger partial charge in [-0.25, -0.2) is 0 Å². The zero-order chi connectivity index (χ0) is 13.7. The molecule has 1 unspecified atom stereocenters. The zero-order valence-electron chi connectivity index (χ0n) is 12.6. The summed E-state index contributed by atoms with van der Waals surface area (Å²) >= 11 is 0. The smallest absolute Gasteiger partial charge is 0.0570 e. The quantitative estimate of drug-likeness (QED) is 0.888. The minimum absolute atomic E-state index is 0.335. The number of hydrogen-bond donors (Lipinski definition) is 1. The third-order valence-corrected chi connectivity index (χ3v) is 5.82. The molecule has 1 aromatic heterocycles. The Balaban J connectivity index is 1.80. The second-order valence-corrected chi connectivity index (χ2v) is 7.49. The van der Waals surface area contributed by atoms with Crippen LogP contribution in [0.3, 0.4) is 0 Å². The normalized spacial score (nSPS) is 37.5. The maximum atomic E-state index is 4.49. The fraction of sp³-hybridized carbons (Fsp3) is 0.706. The summed E-state index contributed by atoms with van der Waals surface area (Å²) in [6.45, 7) is 9.62. The summed E-state index contributed by atoms with van der Waals surface area (Å²) in [5.41, 5.74) is 2.05. The van der Waals surface area contributed by atoms with Gasteiger partial charge in [-0.2, -0.15) is 0 Å². The van der Waals surface area contributed by atoms with Gasteiger partial charge >= 0.3 is 0 Å². The molecule has 1 aromatic rings. The fourth-order valence-corrected chi connectivity index (χ4v) is 4.69. The zero-order valence-corrected chi connectivity index (χ0v) is 12.6. The van der Waals surface area contributed by atoms with Gasteiger partial charge in [0, 0.05) is 18.3 Å². The molecule has 3 rings (SSSR count). The van der Waals surface area contributed by atoms with E-state index in [-0.39, 0.29) is 0 Å². The Hall–Kier alpha value is -0.890. The summed E-state index contributed by atoms with van der Waals surface area (Å²) in [6, 6.07) is 7.13. The Morgan fingerprint density at radius 2 is 2.11 bits per heavy atom. The van der Waals surface area contributed by atoms with Crippen molar-refractivity contribution in [2.45, 2.75) is 59.0 Å². The van der Waals surface area contributed by atoms with Crippen LogP contribution in [0.2, 0.25) is 0 Å². The maximum Gasteiger partial charge on any atom is 0.0570 e. The SMILES string of the molecule is C[C@@H](NC1C(C)(C)[C@H]2CC[C@]1(C)C2)c1ccccn1. The van der Waals surface area contributed by atoms with Crippen LogP contribution in [-0.2, 0) is 0 Å². The monoisotopic (exact) mass is 258 g/mol. The highest BCUT2D eigenvalue weighted by atomic mass is 15.0. The summed E-state index contributed by atoms with van der Waals surface area (Å²) in [5.74, 6) is 0.894. The highest BCUT2D eigenvalue weighted by molar-refractivity contribution is 5.15. The van der Waals surface area contributed by atoms with Crippen LogP contribution < -0.4 is 5.32 Å². The Morgan fingerprint density at radius 3 is 2.68 bits per heavy atom. The summed E-state index contributed by atoms with van der Waals surface area (Å²) in [6.07, 6.45) is 6.08. The molecular weight excluding hydrogens is 232 g/mol. The van der Waals surface area contributed by atoms with Gasteiger partial charge in [0.15, 0.2) is 0 Å². The molecule has 2 fully saturated rings. The lowest BCUT2D eigenvalue weighted by atomic mass is 9.68. The Kier molecular flexibility index (Phi) is 2.97. The number of fused-ring (bicyclic) bond motifs is 2. The van der Waals surface area contributed by atoms with Crippen LogP contribution in [0, 0.1) is 16.7 Å². The van der Waals surface area contributed by atoms with Gasteiger partial charge in [0.1, 0.15) is 0 Å². The number of pyridine rings is 1. The van der Waals surface area contributed by atoms with E-state index in [1.165, 1.54) is 19.3 Å². The topological polar surface area (TPSA) is 24.9 Å². The Morgan fingerprint density at radius 1 is 1.32 bits per heavy atom. The first-order valence-corrected chi connectivity index (χ1v) is 7.60. The van der Waals surface area contributed by atoms with Crippen molar-refractivity contribution < 1.29 is 0 Å². The highest BCUT2D eigenvalue weighted by Crippen LogP contribution is 2.62. The van der Waals surface area contributed by atoms with Crippen molar-refractivity contribution in [3.8, 4) is 0 Å². The predicted octanol–water partition coefficient (Wildman–Crippen LogP) is 3.95. The number of rotatable bonds is 3. The molecule has 2 heteroatoms. The number of nitrogens with zero attached hydrogens (tertiary/aromatic N) is 1. The predicted molar refractivity (Wildman–Crippen MR) is 78.8 cm³/mol. The molecule has 2 aliphatic rings. The van der Waals surface area contributed by atoms with Gasteiger partial charge in [0.05, 0.1) is 5.69 Å².